The molecule has 1 aliphatic heterocycles. The van der Waals surface area contributed by atoms with E-state index in [4.69, 9.17) is 9.26 Å². The molecule has 3 rings (SSSR count). The maximum Gasteiger partial charge on any atom is 0.318 e. The van der Waals surface area contributed by atoms with Crippen molar-refractivity contribution in [2.45, 2.75) is 77.6 Å². The Balaban J connectivity index is 1.55. The van der Waals surface area contributed by atoms with E-state index in [9.17, 15) is 4.79 Å². The van der Waals surface area contributed by atoms with Crippen LogP contribution in [0, 0.1) is 5.92 Å². The molecule has 7 nitrogen and oxygen atoms in total. The quantitative estimate of drug-likeness (QED) is 0.894. The van der Waals surface area contributed by atoms with Gasteiger partial charge in [0.05, 0.1) is 6.54 Å². The SMILES string of the molecule is CCOC(C)c1noc(CNC(=O)N2C(C)CC3CCCCC32)n1. The Morgan fingerprint density at radius 3 is 3.04 bits per heavy atom. The molecule has 2 amide bonds. The molecule has 2 fully saturated rings. The lowest BCUT2D eigenvalue weighted by Gasteiger charge is -2.33. The lowest BCUT2D eigenvalue weighted by Crippen LogP contribution is -2.47. The van der Waals surface area contributed by atoms with Gasteiger partial charge in [0.25, 0.3) is 0 Å². The lowest BCUT2D eigenvalue weighted by atomic mass is 9.85. The highest BCUT2D eigenvalue weighted by Crippen LogP contribution is 2.39. The Hall–Kier alpha value is -1.63. The maximum absolute atomic E-state index is 12.6. The van der Waals surface area contributed by atoms with Gasteiger partial charge < -0.3 is 19.5 Å². The Morgan fingerprint density at radius 1 is 1.46 bits per heavy atom. The number of rotatable bonds is 5. The predicted octanol–water partition coefficient (Wildman–Crippen LogP) is 3.03. The van der Waals surface area contributed by atoms with Crippen molar-refractivity contribution in [1.82, 2.24) is 20.4 Å². The first-order valence-corrected chi connectivity index (χ1v) is 9.10. The van der Waals surface area contributed by atoms with Crippen LogP contribution in [0.1, 0.15) is 70.7 Å². The Morgan fingerprint density at radius 2 is 2.25 bits per heavy atom. The van der Waals surface area contributed by atoms with Gasteiger partial charge in [-0.2, -0.15) is 4.98 Å². The van der Waals surface area contributed by atoms with Crippen molar-refractivity contribution >= 4 is 6.03 Å². The number of carbonyl (C=O) groups excluding carboxylic acids is 1. The average Bonchev–Trinajstić information content (AvgIpc) is 3.16. The van der Waals surface area contributed by atoms with Crippen LogP contribution in [0.25, 0.3) is 0 Å². The number of ether oxygens (including phenoxy) is 1. The summed E-state index contributed by atoms with van der Waals surface area (Å²) in [6.07, 6.45) is 5.81. The summed E-state index contributed by atoms with van der Waals surface area (Å²) in [6, 6.07) is 0.675. The van der Waals surface area contributed by atoms with E-state index < -0.39 is 0 Å². The molecular weight excluding hydrogens is 308 g/mol. The second-order valence-electron chi connectivity index (χ2n) is 6.91. The molecule has 1 aromatic heterocycles. The second-order valence-corrected chi connectivity index (χ2v) is 6.91. The van der Waals surface area contributed by atoms with Crippen LogP contribution in [0.5, 0.6) is 0 Å². The molecule has 1 aliphatic carbocycles. The van der Waals surface area contributed by atoms with Gasteiger partial charge in [-0.1, -0.05) is 18.0 Å². The third-order valence-electron chi connectivity index (χ3n) is 5.23. The highest BCUT2D eigenvalue weighted by Gasteiger charge is 2.42. The van der Waals surface area contributed by atoms with Crippen molar-refractivity contribution < 1.29 is 14.1 Å². The van der Waals surface area contributed by atoms with E-state index in [2.05, 4.69) is 22.4 Å². The molecule has 1 aromatic rings. The Labute approximate surface area is 143 Å². The summed E-state index contributed by atoms with van der Waals surface area (Å²) in [7, 11) is 0. The smallest absolute Gasteiger partial charge is 0.318 e. The van der Waals surface area contributed by atoms with Crippen LogP contribution in [0.4, 0.5) is 4.79 Å². The summed E-state index contributed by atoms with van der Waals surface area (Å²) < 4.78 is 10.6. The number of nitrogens with zero attached hydrogens (tertiary/aromatic N) is 3. The molecule has 0 spiro atoms. The van der Waals surface area contributed by atoms with E-state index in [0.717, 1.165) is 12.8 Å². The molecule has 4 atom stereocenters. The molecule has 0 radical (unpaired) electrons. The number of urea groups is 1. The molecule has 4 unspecified atom stereocenters. The number of likely N-dealkylation sites (tertiary alicyclic amines) is 1. The van der Waals surface area contributed by atoms with E-state index in [1.165, 1.54) is 19.3 Å². The fourth-order valence-corrected chi connectivity index (χ4v) is 4.13. The first-order valence-electron chi connectivity index (χ1n) is 9.10. The fourth-order valence-electron chi connectivity index (χ4n) is 4.13. The normalized spacial score (nSPS) is 27.8. The van der Waals surface area contributed by atoms with Gasteiger partial charge >= 0.3 is 6.03 Å². The number of fused-ring (bicyclic) bond motifs is 1. The number of nitrogens with one attached hydrogen (secondary N) is 1. The van der Waals surface area contributed by atoms with E-state index in [-0.39, 0.29) is 18.7 Å². The van der Waals surface area contributed by atoms with E-state index in [1.807, 2.05) is 18.7 Å². The molecular formula is C17H28N4O3. The van der Waals surface area contributed by atoms with Gasteiger partial charge in [-0.3, -0.25) is 0 Å². The highest BCUT2D eigenvalue weighted by atomic mass is 16.5. The zero-order chi connectivity index (χ0) is 17.1. The van der Waals surface area contributed by atoms with Gasteiger partial charge in [-0.25, -0.2) is 4.79 Å². The van der Waals surface area contributed by atoms with Crippen molar-refractivity contribution in [2.75, 3.05) is 6.61 Å². The van der Waals surface area contributed by atoms with Crippen LogP contribution in [0.15, 0.2) is 4.52 Å². The summed E-state index contributed by atoms with van der Waals surface area (Å²) in [4.78, 5) is 19.0. The van der Waals surface area contributed by atoms with Gasteiger partial charge in [-0.15, -0.1) is 0 Å². The van der Waals surface area contributed by atoms with Crippen molar-refractivity contribution in [1.29, 1.82) is 0 Å². The van der Waals surface area contributed by atoms with Crippen molar-refractivity contribution in [3.05, 3.63) is 11.7 Å². The van der Waals surface area contributed by atoms with Gasteiger partial charge in [0, 0.05) is 18.7 Å². The molecule has 2 heterocycles. The van der Waals surface area contributed by atoms with Crippen LogP contribution < -0.4 is 5.32 Å². The van der Waals surface area contributed by atoms with E-state index >= 15 is 0 Å². The van der Waals surface area contributed by atoms with Crippen molar-refractivity contribution in [2.24, 2.45) is 5.92 Å². The van der Waals surface area contributed by atoms with Crippen molar-refractivity contribution in [3.8, 4) is 0 Å². The molecule has 1 N–H and O–H groups in total. The third kappa shape index (κ3) is 3.55. The third-order valence-corrected chi connectivity index (χ3v) is 5.23. The molecule has 134 valence electrons. The topological polar surface area (TPSA) is 80.5 Å². The van der Waals surface area contributed by atoms with E-state index in [0.29, 0.717) is 36.3 Å². The summed E-state index contributed by atoms with van der Waals surface area (Å²) in [5.74, 6) is 1.60. The first kappa shape index (κ1) is 17.2. The number of amides is 2. The Bertz CT molecular complexity index is 562. The van der Waals surface area contributed by atoms with Crippen LogP contribution in [0.2, 0.25) is 0 Å². The number of hydrogen-bond donors (Lipinski definition) is 1. The highest BCUT2D eigenvalue weighted by molar-refractivity contribution is 5.75. The second kappa shape index (κ2) is 7.51. The minimum absolute atomic E-state index is 0.0190. The molecule has 1 saturated carbocycles. The molecule has 0 aromatic carbocycles. The fraction of sp³-hybridized carbons (Fsp3) is 0.824. The first-order chi connectivity index (χ1) is 11.6. The molecule has 0 bridgehead atoms. The van der Waals surface area contributed by atoms with Gasteiger partial charge in [0.2, 0.25) is 5.89 Å². The van der Waals surface area contributed by atoms with Crippen LogP contribution in [-0.2, 0) is 11.3 Å². The standard InChI is InChI=1S/C17H28N4O3/c1-4-23-12(3)16-19-15(24-20-16)10-18-17(22)21-11(2)9-13-7-5-6-8-14(13)21/h11-14H,4-10H2,1-3H3,(H,18,22). The number of hydrogen-bond acceptors (Lipinski definition) is 5. The zero-order valence-corrected chi connectivity index (χ0v) is 14.8. The molecule has 1 saturated heterocycles. The van der Waals surface area contributed by atoms with Gasteiger partial charge in [0.15, 0.2) is 5.82 Å². The summed E-state index contributed by atoms with van der Waals surface area (Å²) in [5.41, 5.74) is 0. The largest absolute Gasteiger partial charge is 0.371 e. The van der Waals surface area contributed by atoms with Crippen molar-refractivity contribution in [3.63, 3.8) is 0 Å². The van der Waals surface area contributed by atoms with E-state index in [1.54, 1.807) is 0 Å². The van der Waals surface area contributed by atoms with Crippen LogP contribution in [-0.4, -0.2) is 39.8 Å². The average molecular weight is 336 g/mol. The summed E-state index contributed by atoms with van der Waals surface area (Å²) in [6.45, 7) is 6.80. The number of aromatic nitrogens is 2. The van der Waals surface area contributed by atoms with Crippen LogP contribution >= 0.6 is 0 Å². The molecule has 7 heteroatoms. The monoisotopic (exact) mass is 336 g/mol. The molecule has 2 aliphatic rings. The Kier molecular flexibility index (Phi) is 5.38. The van der Waals surface area contributed by atoms with Gasteiger partial charge in [-0.05, 0) is 46.0 Å². The minimum atomic E-state index is -0.204. The number of carbonyl (C=O) groups is 1. The zero-order valence-electron chi connectivity index (χ0n) is 14.8. The van der Waals surface area contributed by atoms with Crippen LogP contribution in [0.3, 0.4) is 0 Å². The summed E-state index contributed by atoms with van der Waals surface area (Å²) in [5, 5.41) is 6.85. The lowest BCUT2D eigenvalue weighted by molar-refractivity contribution is 0.0683. The minimum Gasteiger partial charge on any atom is -0.371 e. The molecule has 24 heavy (non-hydrogen) atoms. The predicted molar refractivity (Wildman–Crippen MR) is 88.2 cm³/mol. The van der Waals surface area contributed by atoms with Gasteiger partial charge in [0.1, 0.15) is 6.10 Å². The summed E-state index contributed by atoms with van der Waals surface area (Å²) >= 11 is 0. The maximum atomic E-state index is 12.6.